The first kappa shape index (κ1) is 14.5. The van der Waals surface area contributed by atoms with Crippen molar-refractivity contribution >= 4 is 17.3 Å². The van der Waals surface area contributed by atoms with Gasteiger partial charge in [0, 0.05) is 23.3 Å². The highest BCUT2D eigenvalue weighted by Crippen LogP contribution is 2.33. The van der Waals surface area contributed by atoms with E-state index in [1.54, 1.807) is 13.2 Å². The summed E-state index contributed by atoms with van der Waals surface area (Å²) in [6.45, 7) is 3.14. The lowest BCUT2D eigenvalue weighted by molar-refractivity contribution is 0.311. The van der Waals surface area contributed by atoms with Crippen molar-refractivity contribution in [3.8, 4) is 11.5 Å². The van der Waals surface area contributed by atoms with Gasteiger partial charge < -0.3 is 14.8 Å². The Morgan fingerprint density at radius 2 is 1.85 bits per heavy atom. The fourth-order valence-corrected chi connectivity index (χ4v) is 2.11. The van der Waals surface area contributed by atoms with Crippen LogP contribution >= 0.6 is 11.6 Å². The quantitative estimate of drug-likeness (QED) is 0.858. The Balaban J connectivity index is 2.15. The highest BCUT2D eigenvalue weighted by Gasteiger charge is 2.10. The zero-order chi connectivity index (χ0) is 14.4. The molecule has 106 valence electrons. The topological polar surface area (TPSA) is 30.5 Å². The smallest absolute Gasteiger partial charge is 0.162 e. The van der Waals surface area contributed by atoms with Gasteiger partial charge in [-0.1, -0.05) is 29.8 Å². The van der Waals surface area contributed by atoms with Crippen molar-refractivity contribution in [2.75, 3.05) is 19.0 Å². The van der Waals surface area contributed by atoms with Gasteiger partial charge >= 0.3 is 0 Å². The molecule has 0 radical (unpaired) electrons. The SMILES string of the molecule is CCOc1cc(Cl)c(CNc2ccccc2)cc1OC. The molecule has 2 rings (SSSR count). The summed E-state index contributed by atoms with van der Waals surface area (Å²) in [5.41, 5.74) is 2.02. The summed E-state index contributed by atoms with van der Waals surface area (Å²) < 4.78 is 10.8. The van der Waals surface area contributed by atoms with Gasteiger partial charge in [0.15, 0.2) is 11.5 Å². The van der Waals surface area contributed by atoms with Gasteiger partial charge in [-0.3, -0.25) is 0 Å². The first-order chi connectivity index (χ1) is 9.74. The predicted octanol–water partition coefficient (Wildman–Crippen LogP) is 4.36. The van der Waals surface area contributed by atoms with Crippen molar-refractivity contribution in [2.45, 2.75) is 13.5 Å². The molecule has 2 aromatic carbocycles. The summed E-state index contributed by atoms with van der Waals surface area (Å²) in [4.78, 5) is 0. The molecular weight excluding hydrogens is 274 g/mol. The average Bonchev–Trinajstić information content (AvgIpc) is 2.48. The van der Waals surface area contributed by atoms with Crippen LogP contribution in [0.15, 0.2) is 42.5 Å². The number of benzene rings is 2. The van der Waals surface area contributed by atoms with E-state index in [9.17, 15) is 0 Å². The Morgan fingerprint density at radius 1 is 1.10 bits per heavy atom. The summed E-state index contributed by atoms with van der Waals surface area (Å²) in [5, 5.41) is 3.99. The second kappa shape index (κ2) is 7.06. The van der Waals surface area contributed by atoms with Gasteiger partial charge in [-0.15, -0.1) is 0 Å². The van der Waals surface area contributed by atoms with Crippen molar-refractivity contribution in [1.29, 1.82) is 0 Å². The van der Waals surface area contributed by atoms with Crippen molar-refractivity contribution in [3.63, 3.8) is 0 Å². The first-order valence-electron chi connectivity index (χ1n) is 6.52. The molecule has 3 nitrogen and oxygen atoms in total. The Morgan fingerprint density at radius 3 is 2.50 bits per heavy atom. The number of nitrogens with one attached hydrogen (secondary N) is 1. The Kier molecular flexibility index (Phi) is 5.13. The van der Waals surface area contributed by atoms with Gasteiger partial charge in [-0.25, -0.2) is 0 Å². The minimum Gasteiger partial charge on any atom is -0.493 e. The molecule has 0 heterocycles. The molecule has 0 fully saturated rings. The summed E-state index contributed by atoms with van der Waals surface area (Å²) in [7, 11) is 1.63. The lowest BCUT2D eigenvalue weighted by Gasteiger charge is -2.13. The molecule has 0 aliphatic carbocycles. The number of hydrogen-bond donors (Lipinski definition) is 1. The zero-order valence-corrected chi connectivity index (χ0v) is 12.4. The number of hydrogen-bond acceptors (Lipinski definition) is 3. The molecule has 2 aromatic rings. The van der Waals surface area contributed by atoms with Crippen LogP contribution in [0.2, 0.25) is 5.02 Å². The van der Waals surface area contributed by atoms with Crippen LogP contribution in [0.4, 0.5) is 5.69 Å². The minimum absolute atomic E-state index is 0.578. The normalized spacial score (nSPS) is 10.2. The van der Waals surface area contributed by atoms with Crippen LogP contribution in [0.1, 0.15) is 12.5 Å². The van der Waals surface area contributed by atoms with Crippen LogP contribution in [0.5, 0.6) is 11.5 Å². The molecule has 0 saturated carbocycles. The monoisotopic (exact) mass is 291 g/mol. The standard InChI is InChI=1S/C16H18ClNO2/c1-3-20-16-10-14(17)12(9-15(16)19-2)11-18-13-7-5-4-6-8-13/h4-10,18H,3,11H2,1-2H3. The Hall–Kier alpha value is -1.87. The molecule has 0 aliphatic rings. The van der Waals surface area contributed by atoms with E-state index >= 15 is 0 Å². The third-order valence-corrected chi connectivity index (χ3v) is 3.24. The number of anilines is 1. The maximum atomic E-state index is 6.28. The van der Waals surface area contributed by atoms with E-state index in [0.717, 1.165) is 11.3 Å². The van der Waals surface area contributed by atoms with E-state index in [1.165, 1.54) is 0 Å². The largest absolute Gasteiger partial charge is 0.493 e. The highest BCUT2D eigenvalue weighted by molar-refractivity contribution is 6.31. The van der Waals surface area contributed by atoms with Gasteiger partial charge in [0.2, 0.25) is 0 Å². The van der Waals surface area contributed by atoms with Crippen molar-refractivity contribution in [3.05, 3.63) is 53.1 Å². The summed E-state index contributed by atoms with van der Waals surface area (Å²) >= 11 is 6.28. The van der Waals surface area contributed by atoms with Gasteiger partial charge in [0.25, 0.3) is 0 Å². The van der Waals surface area contributed by atoms with Crippen LogP contribution < -0.4 is 14.8 Å². The van der Waals surface area contributed by atoms with Crippen LogP contribution in [0.3, 0.4) is 0 Å². The highest BCUT2D eigenvalue weighted by atomic mass is 35.5. The minimum atomic E-state index is 0.578. The molecule has 0 spiro atoms. The molecule has 0 atom stereocenters. The molecule has 20 heavy (non-hydrogen) atoms. The number of ether oxygens (including phenoxy) is 2. The maximum Gasteiger partial charge on any atom is 0.162 e. The van der Waals surface area contributed by atoms with Crippen molar-refractivity contribution in [1.82, 2.24) is 0 Å². The second-order valence-corrected chi connectivity index (χ2v) is 4.65. The molecule has 4 heteroatoms. The molecule has 0 aromatic heterocycles. The second-order valence-electron chi connectivity index (χ2n) is 4.25. The number of methoxy groups -OCH3 is 1. The number of halogens is 1. The Bertz CT molecular complexity index is 558. The van der Waals surface area contributed by atoms with E-state index in [4.69, 9.17) is 21.1 Å². The van der Waals surface area contributed by atoms with Crippen LogP contribution in [0.25, 0.3) is 0 Å². The zero-order valence-electron chi connectivity index (χ0n) is 11.7. The van der Waals surface area contributed by atoms with Gasteiger partial charge in [-0.2, -0.15) is 0 Å². The van der Waals surface area contributed by atoms with Gasteiger partial charge in [0.05, 0.1) is 13.7 Å². The average molecular weight is 292 g/mol. The molecule has 0 amide bonds. The van der Waals surface area contributed by atoms with Crippen molar-refractivity contribution in [2.24, 2.45) is 0 Å². The molecule has 0 bridgehead atoms. The third kappa shape index (κ3) is 3.58. The molecular formula is C16H18ClNO2. The summed E-state index contributed by atoms with van der Waals surface area (Å²) in [6, 6.07) is 13.7. The van der Waals surface area contributed by atoms with Gasteiger partial charge in [-0.05, 0) is 30.7 Å². The summed E-state index contributed by atoms with van der Waals surface area (Å²) in [6.07, 6.45) is 0. The van der Waals surface area contributed by atoms with Crippen LogP contribution in [0, 0.1) is 0 Å². The lowest BCUT2D eigenvalue weighted by Crippen LogP contribution is -2.02. The fourth-order valence-electron chi connectivity index (χ4n) is 1.89. The fraction of sp³-hybridized carbons (Fsp3) is 0.250. The maximum absolute atomic E-state index is 6.28. The van der Waals surface area contributed by atoms with E-state index in [1.807, 2.05) is 43.3 Å². The third-order valence-electron chi connectivity index (χ3n) is 2.89. The van der Waals surface area contributed by atoms with E-state index in [0.29, 0.717) is 29.7 Å². The van der Waals surface area contributed by atoms with E-state index < -0.39 is 0 Å². The number of para-hydroxylation sites is 1. The first-order valence-corrected chi connectivity index (χ1v) is 6.90. The van der Waals surface area contributed by atoms with Crippen molar-refractivity contribution < 1.29 is 9.47 Å². The van der Waals surface area contributed by atoms with E-state index in [-0.39, 0.29) is 0 Å². The van der Waals surface area contributed by atoms with E-state index in [2.05, 4.69) is 5.32 Å². The molecule has 1 N–H and O–H groups in total. The van der Waals surface area contributed by atoms with Crippen LogP contribution in [-0.2, 0) is 6.54 Å². The molecule has 0 aliphatic heterocycles. The predicted molar refractivity (Wildman–Crippen MR) is 82.9 cm³/mol. The molecule has 0 unspecified atom stereocenters. The van der Waals surface area contributed by atoms with Crippen LogP contribution in [-0.4, -0.2) is 13.7 Å². The Labute approximate surface area is 124 Å². The van der Waals surface area contributed by atoms with Gasteiger partial charge in [0.1, 0.15) is 0 Å². The summed E-state index contributed by atoms with van der Waals surface area (Å²) in [5.74, 6) is 1.37. The lowest BCUT2D eigenvalue weighted by atomic mass is 10.2. The molecule has 0 saturated heterocycles. The number of rotatable bonds is 6.